The van der Waals surface area contributed by atoms with E-state index in [-0.39, 0.29) is 0 Å². The molecule has 4 aliphatic carbocycles. The van der Waals surface area contributed by atoms with E-state index in [0.717, 1.165) is 136 Å². The fourth-order valence-corrected chi connectivity index (χ4v) is 21.3. The summed E-state index contributed by atoms with van der Waals surface area (Å²) in [4.78, 5) is 0. The number of para-hydroxylation sites is 1. The maximum Gasteiger partial charge on any atom is 0.128 e. The molecule has 688 valence electrons. The first-order valence-corrected chi connectivity index (χ1v) is 48.3. The molecule has 12 heteroatoms. The van der Waals surface area contributed by atoms with Gasteiger partial charge in [-0.1, -0.05) is 267 Å². The van der Waals surface area contributed by atoms with Crippen LogP contribution in [0.15, 0.2) is 364 Å². The Morgan fingerprint density at radius 1 is 0.147 bits per heavy atom. The molecular weight excluding hydrogens is 1680 g/mol. The van der Waals surface area contributed by atoms with Crippen molar-refractivity contribution in [3.05, 3.63) is 453 Å². The molecule has 0 heterocycles. The lowest BCUT2D eigenvalue weighted by atomic mass is 9.67. The van der Waals surface area contributed by atoms with E-state index in [9.17, 15) is 0 Å². The molecule has 0 bridgehead atoms. The van der Waals surface area contributed by atoms with Gasteiger partial charge in [-0.15, -0.1) is 0 Å². The summed E-state index contributed by atoms with van der Waals surface area (Å²) in [6.45, 7) is 31.4. The van der Waals surface area contributed by atoms with Gasteiger partial charge in [-0.25, -0.2) is 0 Å². The Labute approximate surface area is 802 Å². The number of hydrogen-bond acceptors (Lipinski definition) is 12. The maximum absolute atomic E-state index is 6.34. The summed E-state index contributed by atoms with van der Waals surface area (Å²) < 4.78 is 73.3. The van der Waals surface area contributed by atoms with Crippen LogP contribution in [0.5, 0.6) is 69.0 Å². The highest BCUT2D eigenvalue weighted by molar-refractivity contribution is 5.96. The van der Waals surface area contributed by atoms with Gasteiger partial charge >= 0.3 is 0 Å². The van der Waals surface area contributed by atoms with Crippen molar-refractivity contribution in [1.29, 1.82) is 0 Å². The zero-order chi connectivity index (χ0) is 94.2. The molecule has 4 aliphatic rings. The van der Waals surface area contributed by atoms with Crippen LogP contribution in [-0.2, 0) is 21.7 Å². The summed E-state index contributed by atoms with van der Waals surface area (Å²) >= 11 is 0. The molecule has 136 heavy (non-hydrogen) atoms. The van der Waals surface area contributed by atoms with Gasteiger partial charge in [0.2, 0.25) is 0 Å². The van der Waals surface area contributed by atoms with Crippen molar-refractivity contribution in [3.8, 4) is 114 Å². The van der Waals surface area contributed by atoms with Gasteiger partial charge in [-0.3, -0.25) is 0 Å². The van der Waals surface area contributed by atoms with Crippen molar-refractivity contribution in [1.82, 2.24) is 0 Å². The molecule has 0 radical (unpaired) electrons. The molecule has 0 atom stereocenters. The minimum Gasteiger partial charge on any atom is -0.494 e. The van der Waals surface area contributed by atoms with Crippen LogP contribution in [0.3, 0.4) is 0 Å². The van der Waals surface area contributed by atoms with E-state index in [1.807, 2.05) is 107 Å². The molecule has 20 rings (SSSR count). The lowest BCUT2D eigenvalue weighted by Gasteiger charge is -2.35. The molecular formula is C124H120O12. The Balaban J connectivity index is 0.000000126. The van der Waals surface area contributed by atoms with Crippen LogP contribution in [0.1, 0.15) is 172 Å². The predicted octanol–water partition coefficient (Wildman–Crippen LogP) is 29.0. The second kappa shape index (κ2) is 42.1. The van der Waals surface area contributed by atoms with Gasteiger partial charge in [0.1, 0.15) is 69.0 Å². The molecule has 0 unspecified atom stereocenters. The topological polar surface area (TPSA) is 111 Å². The average Bonchev–Trinajstić information content (AvgIpc) is 1.54. The zero-order valence-electron chi connectivity index (χ0n) is 80.0. The van der Waals surface area contributed by atoms with Gasteiger partial charge in [0.15, 0.2) is 0 Å². The van der Waals surface area contributed by atoms with Crippen LogP contribution in [0.4, 0.5) is 0 Å². The Bertz CT molecular complexity index is 6520. The summed E-state index contributed by atoms with van der Waals surface area (Å²) in [5.41, 5.74) is 25.8. The lowest BCUT2D eigenvalue weighted by Crippen LogP contribution is -2.29. The van der Waals surface area contributed by atoms with Crippen molar-refractivity contribution in [3.63, 3.8) is 0 Å². The molecule has 16 aromatic carbocycles. The average molecular weight is 1800 g/mol. The molecule has 16 aromatic rings. The van der Waals surface area contributed by atoms with E-state index in [0.29, 0.717) is 79.3 Å². The van der Waals surface area contributed by atoms with Gasteiger partial charge in [0, 0.05) is 45.5 Å². The highest BCUT2D eigenvalue weighted by Gasteiger charge is 2.54. The van der Waals surface area contributed by atoms with Crippen molar-refractivity contribution in [2.45, 2.75) is 105 Å². The second-order valence-electron chi connectivity index (χ2n) is 33.3. The Morgan fingerprint density at radius 2 is 0.419 bits per heavy atom. The fraction of sp³-hybridized carbons (Fsp3) is 0.226. The van der Waals surface area contributed by atoms with Crippen LogP contribution in [0.2, 0.25) is 0 Å². The van der Waals surface area contributed by atoms with E-state index in [1.165, 1.54) is 66.8 Å². The number of hydrogen-bond donors (Lipinski definition) is 0. The molecule has 0 amide bonds. The monoisotopic (exact) mass is 1800 g/mol. The van der Waals surface area contributed by atoms with Crippen LogP contribution in [0.25, 0.3) is 44.5 Å². The third-order valence-corrected chi connectivity index (χ3v) is 25.9. The van der Waals surface area contributed by atoms with Crippen molar-refractivity contribution in [2.24, 2.45) is 0 Å². The maximum atomic E-state index is 6.34. The molecule has 12 nitrogen and oxygen atoms in total. The zero-order valence-corrected chi connectivity index (χ0v) is 80.0. The molecule has 0 aromatic heterocycles. The van der Waals surface area contributed by atoms with Gasteiger partial charge in [0.25, 0.3) is 0 Å². The molecule has 0 N–H and O–H groups in total. The number of rotatable bonds is 32. The van der Waals surface area contributed by atoms with Gasteiger partial charge in [0.05, 0.1) is 101 Å². The van der Waals surface area contributed by atoms with E-state index in [2.05, 4.69) is 340 Å². The van der Waals surface area contributed by atoms with Crippen LogP contribution >= 0.6 is 0 Å². The van der Waals surface area contributed by atoms with E-state index >= 15 is 0 Å². The number of benzene rings is 16. The predicted molar refractivity (Wildman–Crippen MR) is 549 cm³/mol. The molecule has 0 saturated carbocycles. The van der Waals surface area contributed by atoms with Crippen molar-refractivity contribution < 1.29 is 56.8 Å². The third-order valence-electron chi connectivity index (χ3n) is 25.9. The third kappa shape index (κ3) is 16.7. The van der Waals surface area contributed by atoms with Crippen molar-refractivity contribution in [2.75, 3.05) is 79.3 Å². The van der Waals surface area contributed by atoms with Gasteiger partial charge < -0.3 is 56.8 Å². The first kappa shape index (κ1) is 92.9. The van der Waals surface area contributed by atoms with E-state index in [4.69, 9.17) is 56.8 Å². The Morgan fingerprint density at radius 3 is 0.831 bits per heavy atom. The van der Waals surface area contributed by atoms with E-state index < -0.39 is 21.7 Å². The molecule has 0 aliphatic heterocycles. The number of fused-ring (bicyclic) bond motifs is 12. The summed E-state index contributed by atoms with van der Waals surface area (Å²) in [5, 5.41) is 0. The van der Waals surface area contributed by atoms with Crippen LogP contribution < -0.4 is 56.8 Å². The van der Waals surface area contributed by atoms with Crippen molar-refractivity contribution >= 4 is 0 Å². The summed E-state index contributed by atoms with van der Waals surface area (Å²) in [6.07, 6.45) is 0. The number of ether oxygens (including phenoxy) is 12. The molecule has 0 saturated heterocycles. The van der Waals surface area contributed by atoms with Gasteiger partial charge in [-0.05, 0) is 268 Å². The largest absolute Gasteiger partial charge is 0.494 e. The highest BCUT2D eigenvalue weighted by atomic mass is 16.5. The lowest BCUT2D eigenvalue weighted by molar-refractivity contribution is 0.319. The minimum atomic E-state index is -0.572. The first-order chi connectivity index (χ1) is 67.0. The summed E-state index contributed by atoms with van der Waals surface area (Å²) in [5.74, 6) is 10.3. The standard InChI is InChI=1S/4C31H30O3/c1-4-32-24-20-25-29-26(18-13-19-27(29)33-5-2)31(22-14-9-7-10-15-22,23-16-11-8-12-17-23)30(25)28(21-24)34-6-3;1-4-32-24-17-18-28-26(19-24)27-20-25(33-5-2)21-29(34-6-3)30(27)31(28,22-13-9-7-10-14-22)23-15-11-8-12-16-23;1-4-32-24-17-18-25-26(21-24)31(22-13-9-7-10-14-22,23-15-11-8-12-16-23)30-28(34-6-3)20-19-27(29(25)30)33-5-2;1-4-32-23-16-18-27-25(20-23)26-21-24(33-5-2)17-19-28(26)31(27,22-12-8-7-9-13-22)29-14-10-11-15-30(29)34-6-3/h4*7-21H,4-6H2,1-3H3. The quantitative estimate of drug-likeness (QED) is 0.0400. The normalized spacial score (nSPS) is 13.1. The molecule has 0 fully saturated rings. The van der Waals surface area contributed by atoms with E-state index in [1.54, 1.807) is 0 Å². The fourth-order valence-electron chi connectivity index (χ4n) is 21.3. The first-order valence-electron chi connectivity index (χ1n) is 48.3. The second-order valence-corrected chi connectivity index (χ2v) is 33.3. The summed E-state index contributed by atoms with van der Waals surface area (Å²) in [6, 6.07) is 128. The minimum absolute atomic E-state index is 0.521. The molecule has 0 spiro atoms. The highest BCUT2D eigenvalue weighted by Crippen LogP contribution is 2.66. The van der Waals surface area contributed by atoms with Gasteiger partial charge in [-0.2, -0.15) is 0 Å². The van der Waals surface area contributed by atoms with Crippen LogP contribution in [0, 0.1) is 0 Å². The van der Waals surface area contributed by atoms with Crippen LogP contribution in [-0.4, -0.2) is 79.3 Å². The summed E-state index contributed by atoms with van der Waals surface area (Å²) in [7, 11) is 0. The SMILES string of the molecule is CCOc1cc(OCC)c2c(c1)-c1c(OCC)cccc1C2(c1ccccc1)c1ccccc1.CCOc1ccc2c(c1)-c1cc(OCC)cc(OCC)c1C2(c1ccccc1)c1ccccc1.CCOc1ccc2c(c1)-c1cc(OCC)ccc1C2(c1ccccc1)c1ccccc1OCC.CCOc1ccc2c(c1)C(c1ccccc1)(c1ccccc1)c1c(OCC)ccc(OCC)c1-2. The smallest absolute Gasteiger partial charge is 0.128 e. The Kier molecular flexibility index (Phi) is 28.8. The Hall–Kier alpha value is -14.9.